The predicted molar refractivity (Wildman–Crippen MR) is 94.2 cm³/mol. The van der Waals surface area contributed by atoms with E-state index in [4.69, 9.17) is 9.26 Å². The summed E-state index contributed by atoms with van der Waals surface area (Å²) in [5, 5.41) is 16.4. The summed E-state index contributed by atoms with van der Waals surface area (Å²) >= 11 is 0. The largest absolute Gasteiger partial charge is 0.504 e. The number of aromatic nitrogens is 2. The number of ether oxygens (including phenoxy) is 1. The van der Waals surface area contributed by atoms with Gasteiger partial charge in [0, 0.05) is 24.9 Å². The van der Waals surface area contributed by atoms with E-state index in [1.54, 1.807) is 6.07 Å². The summed E-state index contributed by atoms with van der Waals surface area (Å²) in [5.74, 6) is 1.01. The highest BCUT2D eigenvalue weighted by Crippen LogP contribution is 2.26. The van der Waals surface area contributed by atoms with Crippen molar-refractivity contribution in [3.63, 3.8) is 0 Å². The summed E-state index contributed by atoms with van der Waals surface area (Å²) in [6.45, 7) is 0.346. The Bertz CT molecular complexity index is 878. The van der Waals surface area contributed by atoms with Crippen molar-refractivity contribution >= 4 is 5.91 Å². The molecule has 0 bridgehead atoms. The Balaban J connectivity index is 1.50. The Morgan fingerprint density at radius 1 is 1.23 bits per heavy atom. The minimum absolute atomic E-state index is 0.0809. The molecule has 1 aromatic heterocycles. The molecule has 2 aromatic carbocycles. The predicted octanol–water partition coefficient (Wildman–Crippen LogP) is 2.35. The lowest BCUT2D eigenvalue weighted by molar-refractivity contribution is 0.0953. The van der Waals surface area contributed by atoms with Crippen LogP contribution >= 0.6 is 0 Å². The van der Waals surface area contributed by atoms with Crippen LogP contribution in [-0.2, 0) is 12.8 Å². The van der Waals surface area contributed by atoms with Gasteiger partial charge >= 0.3 is 0 Å². The van der Waals surface area contributed by atoms with Gasteiger partial charge in [-0.1, -0.05) is 35.5 Å². The van der Waals surface area contributed by atoms with Gasteiger partial charge in [0.05, 0.1) is 7.11 Å². The minimum atomic E-state index is -0.299. The van der Waals surface area contributed by atoms with Gasteiger partial charge in [-0.3, -0.25) is 4.79 Å². The van der Waals surface area contributed by atoms with Crippen LogP contribution in [0.5, 0.6) is 11.5 Å². The summed E-state index contributed by atoms with van der Waals surface area (Å²) in [6, 6.07) is 14.4. The number of carbonyl (C=O) groups excluding carboxylic acids is 1. The van der Waals surface area contributed by atoms with Crippen molar-refractivity contribution in [2.24, 2.45) is 0 Å². The van der Waals surface area contributed by atoms with Gasteiger partial charge in [0.25, 0.3) is 5.91 Å². The zero-order valence-corrected chi connectivity index (χ0v) is 14.3. The number of benzene rings is 2. The summed E-state index contributed by atoms with van der Waals surface area (Å²) < 4.78 is 10.2. The zero-order chi connectivity index (χ0) is 18.4. The van der Waals surface area contributed by atoms with Gasteiger partial charge in [-0.15, -0.1) is 0 Å². The van der Waals surface area contributed by atoms with E-state index in [1.807, 2.05) is 30.3 Å². The number of hydrogen-bond donors (Lipinski definition) is 2. The van der Waals surface area contributed by atoms with Crippen LogP contribution in [0.4, 0.5) is 0 Å². The third kappa shape index (κ3) is 4.38. The molecule has 7 nitrogen and oxygen atoms in total. The highest BCUT2D eigenvalue weighted by Gasteiger charge is 2.11. The standard InChI is InChI=1S/C19H19N3O4/c1-25-16-8-7-14(12-15(16)23)19(24)20-10-9-18-21-17(22-26-18)11-13-5-3-2-4-6-13/h2-8,12,23H,9-11H2,1H3,(H,20,24). The smallest absolute Gasteiger partial charge is 0.251 e. The molecule has 0 saturated carbocycles. The number of aromatic hydroxyl groups is 1. The lowest BCUT2D eigenvalue weighted by atomic mass is 10.1. The first-order valence-electron chi connectivity index (χ1n) is 8.16. The molecule has 0 saturated heterocycles. The van der Waals surface area contributed by atoms with Crippen LogP contribution in [0.15, 0.2) is 53.1 Å². The van der Waals surface area contributed by atoms with Gasteiger partial charge in [-0.05, 0) is 23.8 Å². The normalized spacial score (nSPS) is 10.5. The van der Waals surface area contributed by atoms with Gasteiger partial charge in [0.2, 0.25) is 5.89 Å². The molecule has 0 spiro atoms. The van der Waals surface area contributed by atoms with Crippen LogP contribution < -0.4 is 10.1 Å². The molecule has 0 aliphatic heterocycles. The van der Waals surface area contributed by atoms with Crippen molar-refractivity contribution in [2.45, 2.75) is 12.8 Å². The van der Waals surface area contributed by atoms with E-state index < -0.39 is 0 Å². The Kier molecular flexibility index (Phi) is 5.48. The molecule has 1 heterocycles. The topological polar surface area (TPSA) is 97.5 Å². The van der Waals surface area contributed by atoms with Crippen molar-refractivity contribution in [3.05, 3.63) is 71.4 Å². The number of nitrogens with one attached hydrogen (secondary N) is 1. The van der Waals surface area contributed by atoms with Crippen LogP contribution in [0.2, 0.25) is 0 Å². The van der Waals surface area contributed by atoms with Gasteiger partial charge in [0.15, 0.2) is 17.3 Å². The van der Waals surface area contributed by atoms with Crippen molar-refractivity contribution in [3.8, 4) is 11.5 Å². The molecule has 0 fully saturated rings. The Hall–Kier alpha value is -3.35. The van der Waals surface area contributed by atoms with Crippen LogP contribution in [0.25, 0.3) is 0 Å². The van der Waals surface area contributed by atoms with Crippen LogP contribution in [0, 0.1) is 0 Å². The molecule has 0 aliphatic carbocycles. The average molecular weight is 353 g/mol. The fourth-order valence-electron chi connectivity index (χ4n) is 2.46. The molecular formula is C19H19N3O4. The fourth-order valence-corrected chi connectivity index (χ4v) is 2.46. The number of amides is 1. The number of hydrogen-bond acceptors (Lipinski definition) is 6. The molecule has 3 rings (SSSR count). The van der Waals surface area contributed by atoms with Gasteiger partial charge < -0.3 is 19.7 Å². The molecule has 26 heavy (non-hydrogen) atoms. The number of nitrogens with zero attached hydrogens (tertiary/aromatic N) is 2. The summed E-state index contributed by atoms with van der Waals surface area (Å²) in [4.78, 5) is 16.4. The number of phenolic OH excluding ortho intramolecular Hbond substituents is 1. The maximum Gasteiger partial charge on any atom is 0.251 e. The monoisotopic (exact) mass is 353 g/mol. The molecule has 7 heteroatoms. The molecule has 0 unspecified atom stereocenters. The van der Waals surface area contributed by atoms with Crippen LogP contribution in [0.3, 0.4) is 0 Å². The van der Waals surface area contributed by atoms with Crippen molar-refractivity contribution in [1.82, 2.24) is 15.5 Å². The molecule has 0 atom stereocenters. The lowest BCUT2D eigenvalue weighted by Gasteiger charge is -2.06. The first-order valence-corrected chi connectivity index (χ1v) is 8.16. The molecule has 0 aliphatic rings. The van der Waals surface area contributed by atoms with E-state index in [-0.39, 0.29) is 11.7 Å². The van der Waals surface area contributed by atoms with Gasteiger partial charge in [-0.25, -0.2) is 0 Å². The Morgan fingerprint density at radius 3 is 2.77 bits per heavy atom. The van der Waals surface area contributed by atoms with E-state index in [0.717, 1.165) is 5.56 Å². The highest BCUT2D eigenvalue weighted by atomic mass is 16.5. The average Bonchev–Trinajstić information content (AvgIpc) is 3.09. The quantitative estimate of drug-likeness (QED) is 0.677. The maximum atomic E-state index is 12.1. The first-order chi connectivity index (χ1) is 12.7. The van der Waals surface area contributed by atoms with Crippen LogP contribution in [-0.4, -0.2) is 34.8 Å². The van der Waals surface area contributed by atoms with Gasteiger partial charge in [0.1, 0.15) is 0 Å². The molecule has 134 valence electrons. The number of rotatable bonds is 7. The first kappa shape index (κ1) is 17.5. The summed E-state index contributed by atoms with van der Waals surface area (Å²) in [5.41, 5.74) is 1.45. The van der Waals surface area contributed by atoms with E-state index in [1.165, 1.54) is 19.2 Å². The van der Waals surface area contributed by atoms with E-state index >= 15 is 0 Å². The lowest BCUT2D eigenvalue weighted by Crippen LogP contribution is -2.25. The van der Waals surface area contributed by atoms with Crippen molar-refractivity contribution in [1.29, 1.82) is 0 Å². The second-order valence-electron chi connectivity index (χ2n) is 5.66. The Morgan fingerprint density at radius 2 is 2.04 bits per heavy atom. The molecule has 0 radical (unpaired) electrons. The Labute approximate surface area is 150 Å². The maximum absolute atomic E-state index is 12.1. The SMILES string of the molecule is COc1ccc(C(=O)NCCc2nc(Cc3ccccc3)no2)cc1O. The third-order valence-electron chi connectivity index (χ3n) is 3.78. The zero-order valence-electron chi connectivity index (χ0n) is 14.3. The fraction of sp³-hybridized carbons (Fsp3) is 0.211. The van der Waals surface area contributed by atoms with Gasteiger partial charge in [-0.2, -0.15) is 4.98 Å². The van der Waals surface area contributed by atoms with Crippen LogP contribution in [0.1, 0.15) is 27.6 Å². The van der Waals surface area contributed by atoms with Crippen molar-refractivity contribution in [2.75, 3.05) is 13.7 Å². The number of carbonyl (C=O) groups is 1. The van der Waals surface area contributed by atoms with Crippen molar-refractivity contribution < 1.29 is 19.2 Å². The minimum Gasteiger partial charge on any atom is -0.504 e. The number of phenols is 1. The summed E-state index contributed by atoms with van der Waals surface area (Å²) in [7, 11) is 1.45. The molecule has 3 aromatic rings. The highest BCUT2D eigenvalue weighted by molar-refractivity contribution is 5.94. The third-order valence-corrected chi connectivity index (χ3v) is 3.78. The van der Waals surface area contributed by atoms with E-state index in [2.05, 4.69) is 15.5 Å². The molecule has 1 amide bonds. The number of methoxy groups -OCH3 is 1. The van der Waals surface area contributed by atoms with E-state index in [9.17, 15) is 9.90 Å². The molecule has 2 N–H and O–H groups in total. The molecular weight excluding hydrogens is 334 g/mol. The summed E-state index contributed by atoms with van der Waals surface area (Å²) in [6.07, 6.45) is 1.03. The van der Waals surface area contributed by atoms with E-state index in [0.29, 0.717) is 42.4 Å². The second kappa shape index (κ2) is 8.15. The second-order valence-corrected chi connectivity index (χ2v) is 5.66.